The number of hydrogen-bond acceptors (Lipinski definition) is 0. The summed E-state index contributed by atoms with van der Waals surface area (Å²) in [7, 11) is 0. The van der Waals surface area contributed by atoms with Gasteiger partial charge in [0.2, 0.25) is 0 Å². The lowest BCUT2D eigenvalue weighted by Gasteiger charge is -2.06. The van der Waals surface area contributed by atoms with E-state index in [1.165, 1.54) is 35.7 Å². The van der Waals surface area contributed by atoms with E-state index in [9.17, 15) is 0 Å². The quantitative estimate of drug-likeness (QED) is 0.575. The minimum absolute atomic E-state index is 1.04. The zero-order valence-electron chi connectivity index (χ0n) is 8.20. The molecule has 0 amide bonds. The van der Waals surface area contributed by atoms with Crippen LogP contribution >= 0.6 is 15.9 Å². The minimum atomic E-state index is 1.04. The molecule has 0 aliphatic heterocycles. The molecular weight excluding hydrogens is 212 g/mol. The van der Waals surface area contributed by atoms with Crippen molar-refractivity contribution < 1.29 is 0 Å². The van der Waals surface area contributed by atoms with Crippen LogP contribution in [0.25, 0.3) is 0 Å². The van der Waals surface area contributed by atoms with E-state index < -0.39 is 0 Å². The third-order valence-corrected chi connectivity index (χ3v) is 2.75. The Hall–Kier alpha value is -0.0400. The molecule has 0 fully saturated rings. The van der Waals surface area contributed by atoms with Crippen molar-refractivity contribution >= 4 is 15.9 Å². The monoisotopic (exact) mass is 230 g/mol. The molecule has 0 saturated heterocycles. The van der Waals surface area contributed by atoms with Gasteiger partial charge in [-0.25, -0.2) is 0 Å². The maximum Gasteiger partial charge on any atom is -0.00543 e. The number of hydrogen-bond donors (Lipinski definition) is 0. The summed E-state index contributed by atoms with van der Waals surface area (Å²) in [5, 5.41) is 0. The van der Waals surface area contributed by atoms with Crippen LogP contribution in [-0.2, 0) is 0 Å². The van der Waals surface area contributed by atoms with Gasteiger partial charge in [-0.3, -0.25) is 0 Å². The lowest BCUT2D eigenvalue weighted by molar-refractivity contribution is 0.849. The SMILES string of the molecule is C=CC/C(CCC)=C(/Br)CCC. The first-order chi connectivity index (χ1) is 5.76. The lowest BCUT2D eigenvalue weighted by atomic mass is 10.1. The van der Waals surface area contributed by atoms with Crippen LogP contribution in [-0.4, -0.2) is 0 Å². The standard InChI is InChI=1S/C11H19Br/c1-4-7-10(8-5-2)11(12)9-6-3/h4H,1,5-9H2,2-3H3/b11-10-. The first kappa shape index (κ1) is 12.0. The molecule has 0 radical (unpaired) electrons. The zero-order valence-corrected chi connectivity index (χ0v) is 9.78. The Morgan fingerprint density at radius 1 is 1.25 bits per heavy atom. The van der Waals surface area contributed by atoms with Crippen LogP contribution < -0.4 is 0 Å². The predicted octanol–water partition coefficient (Wildman–Crippen LogP) is 4.81. The Labute approximate surface area is 84.9 Å². The molecule has 0 heterocycles. The van der Waals surface area contributed by atoms with Gasteiger partial charge in [-0.15, -0.1) is 6.58 Å². The van der Waals surface area contributed by atoms with Crippen molar-refractivity contribution in [1.82, 2.24) is 0 Å². The molecule has 0 N–H and O–H groups in total. The molecule has 0 aliphatic carbocycles. The summed E-state index contributed by atoms with van der Waals surface area (Å²) in [4.78, 5) is 0. The van der Waals surface area contributed by atoms with Crippen LogP contribution in [0, 0.1) is 0 Å². The fourth-order valence-corrected chi connectivity index (χ4v) is 1.98. The van der Waals surface area contributed by atoms with E-state index in [0.717, 1.165) is 6.42 Å². The first-order valence-corrected chi connectivity index (χ1v) is 5.52. The van der Waals surface area contributed by atoms with E-state index in [-0.39, 0.29) is 0 Å². The summed E-state index contributed by atoms with van der Waals surface area (Å²) in [6.07, 6.45) is 7.83. The molecule has 70 valence electrons. The van der Waals surface area contributed by atoms with Gasteiger partial charge in [0.1, 0.15) is 0 Å². The average molecular weight is 231 g/mol. The summed E-state index contributed by atoms with van der Waals surface area (Å²) >= 11 is 3.64. The Balaban J connectivity index is 4.20. The topological polar surface area (TPSA) is 0 Å². The Morgan fingerprint density at radius 3 is 2.25 bits per heavy atom. The predicted molar refractivity (Wildman–Crippen MR) is 60.6 cm³/mol. The third kappa shape index (κ3) is 4.76. The number of rotatable bonds is 6. The van der Waals surface area contributed by atoms with Crippen molar-refractivity contribution in [2.75, 3.05) is 0 Å². The molecule has 0 bridgehead atoms. The molecule has 0 aliphatic rings. The highest BCUT2D eigenvalue weighted by molar-refractivity contribution is 9.11. The summed E-state index contributed by atoms with van der Waals surface area (Å²) < 4.78 is 1.40. The van der Waals surface area contributed by atoms with Gasteiger partial charge in [0.15, 0.2) is 0 Å². The molecule has 0 nitrogen and oxygen atoms in total. The van der Waals surface area contributed by atoms with E-state index in [1.54, 1.807) is 0 Å². The highest BCUT2D eigenvalue weighted by Gasteiger charge is 2.00. The maximum absolute atomic E-state index is 3.77. The van der Waals surface area contributed by atoms with Gasteiger partial charge in [0.05, 0.1) is 0 Å². The average Bonchev–Trinajstić information content (AvgIpc) is 2.04. The fraction of sp³-hybridized carbons (Fsp3) is 0.636. The van der Waals surface area contributed by atoms with Crippen LogP contribution in [0.2, 0.25) is 0 Å². The summed E-state index contributed by atoms with van der Waals surface area (Å²) in [6.45, 7) is 8.19. The van der Waals surface area contributed by atoms with Crippen molar-refractivity contribution in [2.24, 2.45) is 0 Å². The maximum atomic E-state index is 3.77. The van der Waals surface area contributed by atoms with Crippen molar-refractivity contribution in [3.05, 3.63) is 22.7 Å². The Bertz CT molecular complexity index is 156. The molecule has 0 aromatic heterocycles. The molecule has 0 spiro atoms. The molecule has 0 unspecified atom stereocenters. The van der Waals surface area contributed by atoms with E-state index in [2.05, 4.69) is 36.4 Å². The second kappa shape index (κ2) is 7.60. The first-order valence-electron chi connectivity index (χ1n) is 4.73. The lowest BCUT2D eigenvalue weighted by Crippen LogP contribution is -1.85. The highest BCUT2D eigenvalue weighted by atomic mass is 79.9. The molecule has 0 saturated carbocycles. The third-order valence-electron chi connectivity index (χ3n) is 1.80. The highest BCUT2D eigenvalue weighted by Crippen LogP contribution is 2.24. The second-order valence-electron chi connectivity index (χ2n) is 3.00. The van der Waals surface area contributed by atoms with Crippen molar-refractivity contribution in [1.29, 1.82) is 0 Å². The molecule has 0 aromatic rings. The molecule has 12 heavy (non-hydrogen) atoms. The second-order valence-corrected chi connectivity index (χ2v) is 3.96. The van der Waals surface area contributed by atoms with Crippen LogP contribution in [0.4, 0.5) is 0 Å². The van der Waals surface area contributed by atoms with Gasteiger partial charge in [0.25, 0.3) is 0 Å². The van der Waals surface area contributed by atoms with E-state index in [4.69, 9.17) is 0 Å². The fourth-order valence-electron chi connectivity index (χ4n) is 1.22. The number of allylic oxidation sites excluding steroid dienone is 3. The molecule has 0 atom stereocenters. The molecule has 0 aromatic carbocycles. The molecular formula is C11H19Br. The van der Waals surface area contributed by atoms with Gasteiger partial charge in [0, 0.05) is 0 Å². The zero-order chi connectivity index (χ0) is 9.40. The van der Waals surface area contributed by atoms with E-state index in [0.29, 0.717) is 0 Å². The number of halogens is 1. The summed E-state index contributed by atoms with van der Waals surface area (Å²) in [6, 6.07) is 0. The summed E-state index contributed by atoms with van der Waals surface area (Å²) in [5.41, 5.74) is 1.52. The van der Waals surface area contributed by atoms with Gasteiger partial charge < -0.3 is 0 Å². The van der Waals surface area contributed by atoms with Crippen molar-refractivity contribution in [2.45, 2.75) is 46.0 Å². The van der Waals surface area contributed by atoms with E-state index >= 15 is 0 Å². The largest absolute Gasteiger partial charge is 0.103 e. The Morgan fingerprint density at radius 2 is 1.83 bits per heavy atom. The minimum Gasteiger partial charge on any atom is -0.103 e. The van der Waals surface area contributed by atoms with Gasteiger partial charge >= 0.3 is 0 Å². The van der Waals surface area contributed by atoms with Crippen LogP contribution in [0.15, 0.2) is 22.7 Å². The van der Waals surface area contributed by atoms with Crippen LogP contribution in [0.5, 0.6) is 0 Å². The van der Waals surface area contributed by atoms with E-state index in [1.807, 2.05) is 6.08 Å². The molecule has 1 heteroatoms. The smallest absolute Gasteiger partial charge is 0.00543 e. The van der Waals surface area contributed by atoms with Gasteiger partial charge in [-0.2, -0.15) is 0 Å². The van der Waals surface area contributed by atoms with Gasteiger partial charge in [-0.05, 0) is 23.7 Å². The van der Waals surface area contributed by atoms with Gasteiger partial charge in [-0.1, -0.05) is 54.3 Å². The normalized spacial score (nSPS) is 12.6. The Kier molecular flexibility index (Phi) is 7.58. The van der Waals surface area contributed by atoms with Crippen LogP contribution in [0.3, 0.4) is 0 Å². The van der Waals surface area contributed by atoms with Crippen molar-refractivity contribution in [3.8, 4) is 0 Å². The van der Waals surface area contributed by atoms with Crippen molar-refractivity contribution in [3.63, 3.8) is 0 Å². The summed E-state index contributed by atoms with van der Waals surface area (Å²) in [5.74, 6) is 0. The molecule has 0 rings (SSSR count). The van der Waals surface area contributed by atoms with Crippen LogP contribution in [0.1, 0.15) is 46.0 Å².